The lowest BCUT2D eigenvalue weighted by molar-refractivity contribution is -0.136. The van der Waals surface area contributed by atoms with Crippen molar-refractivity contribution in [2.45, 2.75) is 6.42 Å². The Morgan fingerprint density at radius 2 is 1.86 bits per heavy atom. The fourth-order valence-electron chi connectivity index (χ4n) is 4.12. The molecular formula is C26H27N3O5S. The number of amides is 3. The molecule has 2 heterocycles. The SMILES string of the molecule is C=CCc1cc(C=C2SC(=O)N(CC(=O)N3CCN(c4ccccc4)CC3)C2=O)cc(OC)c1O. The third-order valence-electron chi connectivity index (χ3n) is 5.98. The van der Waals surface area contributed by atoms with Crippen molar-refractivity contribution >= 4 is 40.6 Å². The highest BCUT2D eigenvalue weighted by Crippen LogP contribution is 2.36. The van der Waals surface area contributed by atoms with Crippen LogP contribution in [0.3, 0.4) is 0 Å². The molecule has 3 amide bonds. The summed E-state index contributed by atoms with van der Waals surface area (Å²) >= 11 is 0.796. The van der Waals surface area contributed by atoms with Gasteiger partial charge < -0.3 is 19.6 Å². The van der Waals surface area contributed by atoms with E-state index < -0.39 is 11.1 Å². The number of allylic oxidation sites excluding steroid dienone is 1. The molecule has 4 rings (SSSR count). The molecule has 9 heteroatoms. The molecule has 182 valence electrons. The van der Waals surface area contributed by atoms with E-state index in [1.54, 1.807) is 29.2 Å². The number of aromatic hydroxyl groups is 1. The first-order valence-corrected chi connectivity index (χ1v) is 12.1. The average molecular weight is 494 g/mol. The van der Waals surface area contributed by atoms with E-state index in [0.29, 0.717) is 43.7 Å². The molecule has 2 saturated heterocycles. The number of para-hydroxylation sites is 1. The first-order chi connectivity index (χ1) is 16.9. The van der Waals surface area contributed by atoms with Gasteiger partial charge in [0.15, 0.2) is 11.5 Å². The number of thioether (sulfide) groups is 1. The third-order valence-corrected chi connectivity index (χ3v) is 6.89. The summed E-state index contributed by atoms with van der Waals surface area (Å²) in [5.41, 5.74) is 2.30. The number of hydrogen-bond donors (Lipinski definition) is 1. The summed E-state index contributed by atoms with van der Waals surface area (Å²) in [5.74, 6) is -0.482. The second-order valence-corrected chi connectivity index (χ2v) is 9.19. The standard InChI is InChI=1S/C26H27N3O5S/c1-3-7-19-14-18(15-21(34-2)24(19)31)16-22-25(32)29(26(33)35-22)17-23(30)28-12-10-27(11-13-28)20-8-5-4-6-9-20/h3-6,8-9,14-16,31H,1,7,10-13,17H2,2H3. The minimum absolute atomic E-state index is 0.00983. The molecule has 2 fully saturated rings. The number of rotatable bonds is 7. The third kappa shape index (κ3) is 5.35. The highest BCUT2D eigenvalue weighted by atomic mass is 32.2. The van der Waals surface area contributed by atoms with Crippen molar-refractivity contribution in [3.8, 4) is 11.5 Å². The monoisotopic (exact) mass is 493 g/mol. The van der Waals surface area contributed by atoms with Crippen LogP contribution in [0.25, 0.3) is 6.08 Å². The number of phenolic OH excluding ortho intramolecular Hbond substituents is 1. The van der Waals surface area contributed by atoms with Crippen LogP contribution in [0.1, 0.15) is 11.1 Å². The molecule has 2 aromatic rings. The number of carbonyl (C=O) groups is 3. The van der Waals surface area contributed by atoms with Crippen molar-refractivity contribution in [1.29, 1.82) is 0 Å². The van der Waals surface area contributed by atoms with E-state index in [-0.39, 0.29) is 28.9 Å². The van der Waals surface area contributed by atoms with Crippen LogP contribution in [0.15, 0.2) is 60.0 Å². The Balaban J connectivity index is 1.42. The fraction of sp³-hybridized carbons (Fsp3) is 0.269. The first-order valence-electron chi connectivity index (χ1n) is 11.2. The van der Waals surface area contributed by atoms with Crippen molar-refractivity contribution < 1.29 is 24.2 Å². The maximum atomic E-state index is 12.9. The molecule has 0 bridgehead atoms. The number of piperazine rings is 1. The van der Waals surface area contributed by atoms with Gasteiger partial charge in [0.25, 0.3) is 11.1 Å². The maximum absolute atomic E-state index is 12.9. The highest BCUT2D eigenvalue weighted by Gasteiger charge is 2.37. The Morgan fingerprint density at radius 1 is 1.14 bits per heavy atom. The van der Waals surface area contributed by atoms with Crippen molar-refractivity contribution in [3.05, 3.63) is 71.2 Å². The molecule has 0 unspecified atom stereocenters. The minimum atomic E-state index is -0.506. The number of ether oxygens (including phenoxy) is 1. The molecule has 2 aliphatic rings. The van der Waals surface area contributed by atoms with E-state index in [1.807, 2.05) is 30.3 Å². The Kier molecular flexibility index (Phi) is 7.45. The van der Waals surface area contributed by atoms with Crippen LogP contribution in [0.4, 0.5) is 10.5 Å². The smallest absolute Gasteiger partial charge is 0.294 e. The van der Waals surface area contributed by atoms with E-state index in [2.05, 4.69) is 11.5 Å². The van der Waals surface area contributed by atoms with Crippen molar-refractivity contribution in [1.82, 2.24) is 9.80 Å². The largest absolute Gasteiger partial charge is 0.504 e. The molecule has 2 aliphatic heterocycles. The summed E-state index contributed by atoms with van der Waals surface area (Å²) in [6.07, 6.45) is 3.64. The van der Waals surface area contributed by atoms with Crippen LogP contribution in [-0.4, -0.2) is 71.8 Å². The molecule has 0 atom stereocenters. The predicted molar refractivity (Wildman–Crippen MR) is 136 cm³/mol. The van der Waals surface area contributed by atoms with Gasteiger partial charge in [-0.2, -0.15) is 0 Å². The molecule has 0 radical (unpaired) electrons. The zero-order valence-corrected chi connectivity index (χ0v) is 20.3. The number of imide groups is 1. The van der Waals surface area contributed by atoms with Gasteiger partial charge in [0, 0.05) is 37.4 Å². The zero-order chi connectivity index (χ0) is 24.9. The maximum Gasteiger partial charge on any atom is 0.294 e. The van der Waals surface area contributed by atoms with E-state index in [4.69, 9.17) is 4.74 Å². The number of benzene rings is 2. The topological polar surface area (TPSA) is 90.4 Å². The Labute approximate surface area is 208 Å². The summed E-state index contributed by atoms with van der Waals surface area (Å²) in [7, 11) is 1.44. The Morgan fingerprint density at radius 3 is 2.51 bits per heavy atom. The predicted octanol–water partition coefficient (Wildman–Crippen LogP) is 3.51. The highest BCUT2D eigenvalue weighted by molar-refractivity contribution is 8.18. The summed E-state index contributed by atoms with van der Waals surface area (Å²) < 4.78 is 5.23. The van der Waals surface area contributed by atoms with E-state index in [1.165, 1.54) is 7.11 Å². The van der Waals surface area contributed by atoms with Crippen LogP contribution >= 0.6 is 11.8 Å². The van der Waals surface area contributed by atoms with Crippen molar-refractivity contribution in [2.75, 3.05) is 44.7 Å². The molecule has 1 N–H and O–H groups in total. The van der Waals surface area contributed by atoms with E-state index in [0.717, 1.165) is 22.3 Å². The molecule has 8 nitrogen and oxygen atoms in total. The van der Waals surface area contributed by atoms with Gasteiger partial charge >= 0.3 is 0 Å². The lowest BCUT2D eigenvalue weighted by Gasteiger charge is -2.36. The van der Waals surface area contributed by atoms with Crippen LogP contribution in [0, 0.1) is 0 Å². The lowest BCUT2D eigenvalue weighted by atomic mass is 10.1. The number of nitrogens with zero attached hydrogens (tertiary/aromatic N) is 3. The minimum Gasteiger partial charge on any atom is -0.504 e. The summed E-state index contributed by atoms with van der Waals surface area (Å²) in [6.45, 7) is 5.83. The molecule has 0 spiro atoms. The number of phenols is 1. The van der Waals surface area contributed by atoms with Crippen LogP contribution in [-0.2, 0) is 16.0 Å². The first kappa shape index (κ1) is 24.4. The lowest BCUT2D eigenvalue weighted by Crippen LogP contribution is -2.51. The second kappa shape index (κ2) is 10.7. The van der Waals surface area contributed by atoms with Gasteiger partial charge in [0.05, 0.1) is 12.0 Å². The molecule has 0 aromatic heterocycles. The van der Waals surface area contributed by atoms with Crippen LogP contribution in [0.5, 0.6) is 11.5 Å². The summed E-state index contributed by atoms with van der Waals surface area (Å²) in [4.78, 5) is 43.5. The molecule has 2 aromatic carbocycles. The normalized spacial score (nSPS) is 17.3. The molecule has 35 heavy (non-hydrogen) atoms. The van der Waals surface area contributed by atoms with E-state index in [9.17, 15) is 19.5 Å². The molecule has 0 aliphatic carbocycles. The molecule has 0 saturated carbocycles. The molecular weight excluding hydrogens is 466 g/mol. The summed E-state index contributed by atoms with van der Waals surface area (Å²) in [6, 6.07) is 13.3. The van der Waals surface area contributed by atoms with Crippen LogP contribution < -0.4 is 9.64 Å². The van der Waals surface area contributed by atoms with Gasteiger partial charge in [0.2, 0.25) is 5.91 Å². The van der Waals surface area contributed by atoms with Crippen molar-refractivity contribution in [2.24, 2.45) is 0 Å². The average Bonchev–Trinajstić information content (AvgIpc) is 3.13. The number of methoxy groups -OCH3 is 1. The van der Waals surface area contributed by atoms with Gasteiger partial charge in [-0.05, 0) is 54.1 Å². The number of hydrogen-bond acceptors (Lipinski definition) is 7. The summed E-state index contributed by atoms with van der Waals surface area (Å²) in [5, 5.41) is 9.80. The van der Waals surface area contributed by atoms with Gasteiger partial charge in [-0.25, -0.2) is 0 Å². The van der Waals surface area contributed by atoms with Crippen LogP contribution in [0.2, 0.25) is 0 Å². The van der Waals surface area contributed by atoms with Gasteiger partial charge in [-0.15, -0.1) is 6.58 Å². The zero-order valence-electron chi connectivity index (χ0n) is 19.5. The quantitative estimate of drug-likeness (QED) is 0.466. The Bertz CT molecular complexity index is 1170. The van der Waals surface area contributed by atoms with Gasteiger partial charge in [0.1, 0.15) is 6.54 Å². The second-order valence-electron chi connectivity index (χ2n) is 8.19. The van der Waals surface area contributed by atoms with Crippen molar-refractivity contribution in [3.63, 3.8) is 0 Å². The number of anilines is 1. The van der Waals surface area contributed by atoms with Gasteiger partial charge in [-0.3, -0.25) is 19.3 Å². The Hall–Kier alpha value is -3.72. The fourth-order valence-corrected chi connectivity index (χ4v) is 4.95. The van der Waals surface area contributed by atoms with E-state index >= 15 is 0 Å². The number of carbonyl (C=O) groups excluding carboxylic acids is 3. The van der Waals surface area contributed by atoms with Gasteiger partial charge in [-0.1, -0.05) is 24.3 Å².